The van der Waals surface area contributed by atoms with E-state index in [9.17, 15) is 13.2 Å². The van der Waals surface area contributed by atoms with Gasteiger partial charge in [-0.2, -0.15) is 8.42 Å². The van der Waals surface area contributed by atoms with Gasteiger partial charge in [0, 0.05) is 27.4 Å². The average molecular weight is 316 g/mol. The number of rotatable bonds is 10. The van der Waals surface area contributed by atoms with Gasteiger partial charge in [0.15, 0.2) is 0 Å². The number of aliphatic carboxylic acids is 1. The lowest BCUT2D eigenvalue weighted by molar-refractivity contribution is -0.137. The molecule has 0 bridgehead atoms. The summed E-state index contributed by atoms with van der Waals surface area (Å²) in [6.45, 7) is 0. The molecule has 2 N–H and O–H groups in total. The summed E-state index contributed by atoms with van der Waals surface area (Å²) in [5.41, 5.74) is 0. The molecule has 10 heteroatoms. The summed E-state index contributed by atoms with van der Waals surface area (Å²) in [7, 11) is -2.91. The van der Waals surface area contributed by atoms with Crippen LogP contribution in [0.15, 0.2) is 0 Å². The number of hydrogen-bond acceptors (Lipinski definition) is 6. The highest BCUT2D eigenvalue weighted by Crippen LogP contribution is 2.20. The van der Waals surface area contributed by atoms with Crippen LogP contribution in [-0.2, 0) is 28.2 Å². The van der Waals surface area contributed by atoms with Gasteiger partial charge in [0.25, 0.3) is 10.1 Å². The first-order chi connectivity index (χ1) is 8.70. The molecular weight excluding hydrogens is 296 g/mol. The summed E-state index contributed by atoms with van der Waals surface area (Å²) in [5, 5.41) is 7.27. The largest absolute Gasteiger partial charge is 0.500 e. The van der Waals surface area contributed by atoms with E-state index in [2.05, 4.69) is 0 Å². The molecule has 0 rings (SSSR count). The highest BCUT2D eigenvalue weighted by molar-refractivity contribution is 7.86. The Hall–Kier alpha value is -0.523. The van der Waals surface area contributed by atoms with E-state index in [-0.39, 0.29) is 6.42 Å². The molecule has 8 nitrogen and oxygen atoms in total. The van der Waals surface area contributed by atoms with Crippen molar-refractivity contribution in [3.05, 3.63) is 0 Å². The first-order valence-electron chi connectivity index (χ1n) is 5.54. The number of carboxylic acid groups (broad SMARTS) is 1. The Labute approximate surface area is 113 Å². The van der Waals surface area contributed by atoms with Gasteiger partial charge in [0.1, 0.15) is 0 Å². The fourth-order valence-corrected chi connectivity index (χ4v) is 4.22. The van der Waals surface area contributed by atoms with Crippen molar-refractivity contribution in [3.8, 4) is 0 Å². The Morgan fingerprint density at radius 3 is 2.00 bits per heavy atom. The molecule has 0 fully saturated rings. The SMILES string of the molecule is CO[Si](CCCC(CC(=O)O)S(=O)(=O)O)(OC)OC. The van der Waals surface area contributed by atoms with E-state index in [1.54, 1.807) is 0 Å². The summed E-state index contributed by atoms with van der Waals surface area (Å²) in [5.74, 6) is -1.28. The van der Waals surface area contributed by atoms with Gasteiger partial charge in [-0.05, 0) is 12.8 Å². The predicted molar refractivity (Wildman–Crippen MR) is 68.4 cm³/mol. The fraction of sp³-hybridized carbons (Fsp3) is 0.889. The zero-order valence-corrected chi connectivity index (χ0v) is 13.0. The van der Waals surface area contributed by atoms with Crippen molar-refractivity contribution < 1.29 is 36.1 Å². The van der Waals surface area contributed by atoms with Crippen molar-refractivity contribution in [2.45, 2.75) is 30.6 Å². The van der Waals surface area contributed by atoms with E-state index in [0.717, 1.165) is 0 Å². The monoisotopic (exact) mass is 316 g/mol. The molecule has 0 aromatic carbocycles. The number of carboxylic acids is 1. The quantitative estimate of drug-likeness (QED) is 0.438. The highest BCUT2D eigenvalue weighted by atomic mass is 32.2. The Balaban J connectivity index is 4.53. The number of carbonyl (C=O) groups is 1. The minimum Gasteiger partial charge on any atom is -0.481 e. The van der Waals surface area contributed by atoms with E-state index < -0.39 is 36.6 Å². The zero-order valence-electron chi connectivity index (χ0n) is 11.2. The molecule has 0 aromatic heterocycles. The molecule has 114 valence electrons. The van der Waals surface area contributed by atoms with Crippen LogP contribution >= 0.6 is 0 Å². The van der Waals surface area contributed by atoms with Crippen LogP contribution < -0.4 is 0 Å². The lowest BCUT2D eigenvalue weighted by Crippen LogP contribution is -2.42. The first kappa shape index (κ1) is 18.5. The molecular formula is C9H20O8SSi. The van der Waals surface area contributed by atoms with Crippen LogP contribution in [0.25, 0.3) is 0 Å². The second kappa shape index (κ2) is 7.92. The maximum absolute atomic E-state index is 11.0. The molecule has 0 saturated carbocycles. The summed E-state index contributed by atoms with van der Waals surface area (Å²) >= 11 is 0. The third kappa shape index (κ3) is 6.45. The minimum absolute atomic E-state index is 0.00400. The smallest absolute Gasteiger partial charge is 0.481 e. The van der Waals surface area contributed by atoms with Crippen LogP contribution in [-0.4, -0.2) is 59.4 Å². The highest BCUT2D eigenvalue weighted by Gasteiger charge is 2.38. The van der Waals surface area contributed by atoms with Crippen molar-refractivity contribution in [3.63, 3.8) is 0 Å². The van der Waals surface area contributed by atoms with Gasteiger partial charge in [0.05, 0.1) is 11.7 Å². The lowest BCUT2D eigenvalue weighted by atomic mass is 10.2. The normalized spacial score (nSPS) is 14.3. The molecule has 0 aliphatic carbocycles. The fourth-order valence-electron chi connectivity index (χ4n) is 1.65. The van der Waals surface area contributed by atoms with Gasteiger partial charge in [-0.25, -0.2) is 0 Å². The van der Waals surface area contributed by atoms with Gasteiger partial charge in [-0.3, -0.25) is 9.35 Å². The van der Waals surface area contributed by atoms with Crippen molar-refractivity contribution in [1.82, 2.24) is 0 Å². The van der Waals surface area contributed by atoms with E-state index in [1.165, 1.54) is 21.3 Å². The van der Waals surface area contributed by atoms with Crippen LogP contribution in [0.1, 0.15) is 19.3 Å². The van der Waals surface area contributed by atoms with Crippen molar-refractivity contribution >= 4 is 24.9 Å². The van der Waals surface area contributed by atoms with E-state index in [1.807, 2.05) is 0 Å². The second-order valence-electron chi connectivity index (χ2n) is 3.92. The zero-order chi connectivity index (χ0) is 15.1. The molecule has 0 radical (unpaired) electrons. The van der Waals surface area contributed by atoms with E-state index >= 15 is 0 Å². The molecule has 0 spiro atoms. The second-order valence-corrected chi connectivity index (χ2v) is 8.71. The molecule has 0 heterocycles. The average Bonchev–Trinajstić information content (AvgIpc) is 2.32. The van der Waals surface area contributed by atoms with Gasteiger partial charge in [-0.1, -0.05) is 0 Å². The minimum atomic E-state index is -4.39. The predicted octanol–water partition coefficient (Wildman–Crippen LogP) is 0.376. The van der Waals surface area contributed by atoms with Crippen LogP contribution in [0.5, 0.6) is 0 Å². The van der Waals surface area contributed by atoms with Crippen LogP contribution in [0.3, 0.4) is 0 Å². The van der Waals surface area contributed by atoms with Crippen molar-refractivity contribution in [2.75, 3.05) is 21.3 Å². The van der Waals surface area contributed by atoms with Crippen LogP contribution in [0, 0.1) is 0 Å². The third-order valence-electron chi connectivity index (χ3n) is 2.77. The van der Waals surface area contributed by atoms with Crippen molar-refractivity contribution in [2.24, 2.45) is 0 Å². The molecule has 19 heavy (non-hydrogen) atoms. The van der Waals surface area contributed by atoms with E-state index in [4.69, 9.17) is 22.9 Å². The third-order valence-corrected chi connectivity index (χ3v) is 6.84. The first-order valence-corrected chi connectivity index (χ1v) is 8.98. The Kier molecular flexibility index (Phi) is 7.70. The summed E-state index contributed by atoms with van der Waals surface area (Å²) in [6, 6.07) is 0.335. The topological polar surface area (TPSA) is 119 Å². The molecule has 1 unspecified atom stereocenters. The van der Waals surface area contributed by atoms with Crippen LogP contribution in [0.4, 0.5) is 0 Å². The van der Waals surface area contributed by atoms with Gasteiger partial charge >= 0.3 is 14.8 Å². The van der Waals surface area contributed by atoms with Gasteiger partial charge < -0.3 is 18.4 Å². The standard InChI is InChI=1S/C9H20O8SSi/c1-15-19(16-2,17-3)6-4-5-8(7-9(10)11)18(12,13)14/h8H,4-7H2,1-3H3,(H,10,11)(H,12,13,14). The lowest BCUT2D eigenvalue weighted by Gasteiger charge is -2.24. The van der Waals surface area contributed by atoms with Gasteiger partial charge in [0.2, 0.25) is 0 Å². The number of hydrogen-bond donors (Lipinski definition) is 2. The summed E-state index contributed by atoms with van der Waals surface area (Å²) in [4.78, 5) is 10.5. The van der Waals surface area contributed by atoms with E-state index in [0.29, 0.717) is 12.5 Å². The van der Waals surface area contributed by atoms with Crippen molar-refractivity contribution in [1.29, 1.82) is 0 Å². The Morgan fingerprint density at radius 2 is 1.68 bits per heavy atom. The maximum Gasteiger partial charge on any atom is 0.500 e. The molecule has 0 aliphatic heterocycles. The molecule has 1 atom stereocenters. The Bertz CT molecular complexity index is 369. The van der Waals surface area contributed by atoms with Crippen LogP contribution in [0.2, 0.25) is 6.04 Å². The summed E-state index contributed by atoms with van der Waals surface area (Å²) in [6.07, 6.45) is -0.338. The molecule has 0 amide bonds. The Morgan fingerprint density at radius 1 is 1.21 bits per heavy atom. The maximum atomic E-state index is 11.0. The molecule has 0 aliphatic rings. The van der Waals surface area contributed by atoms with Gasteiger partial charge in [-0.15, -0.1) is 0 Å². The molecule has 0 saturated heterocycles. The molecule has 0 aromatic rings. The summed E-state index contributed by atoms with van der Waals surface area (Å²) < 4.78 is 46.5.